The van der Waals surface area contributed by atoms with Crippen molar-refractivity contribution in [2.75, 3.05) is 19.6 Å². The van der Waals surface area contributed by atoms with E-state index in [1.54, 1.807) is 12.2 Å². The van der Waals surface area contributed by atoms with E-state index >= 15 is 0 Å². The fraction of sp³-hybridized carbons (Fsp3) is 0.724. The second kappa shape index (κ2) is 8.72. The van der Waals surface area contributed by atoms with Crippen molar-refractivity contribution in [1.29, 1.82) is 0 Å². The minimum Gasteiger partial charge on any atom is -0.450 e. The van der Waals surface area contributed by atoms with E-state index in [0.717, 1.165) is 68.6 Å². The van der Waals surface area contributed by atoms with Crippen molar-refractivity contribution in [2.24, 2.45) is 0 Å². The van der Waals surface area contributed by atoms with Crippen LogP contribution in [0.5, 0.6) is 0 Å². The van der Waals surface area contributed by atoms with E-state index in [1.165, 1.54) is 25.7 Å². The molecule has 0 radical (unpaired) electrons. The Kier molecular flexibility index (Phi) is 5.42. The molecular weight excluding hydrogens is 496 g/mol. The number of aromatic nitrogens is 3. The second-order valence-electron chi connectivity index (χ2n) is 12.9. The number of rotatable bonds is 4. The molecule has 1 aromatic rings. The lowest BCUT2D eigenvalue weighted by molar-refractivity contribution is -0.151. The molecule has 0 aromatic carbocycles. The van der Waals surface area contributed by atoms with Gasteiger partial charge in [0.25, 0.3) is 0 Å². The Hall–Kier alpha value is -2.56. The van der Waals surface area contributed by atoms with Gasteiger partial charge in [-0.05, 0) is 69.7 Å². The van der Waals surface area contributed by atoms with Gasteiger partial charge in [-0.1, -0.05) is 18.1 Å². The van der Waals surface area contributed by atoms with E-state index in [2.05, 4.69) is 38.5 Å². The summed E-state index contributed by atoms with van der Waals surface area (Å²) in [5.74, 6) is -0.384. The number of hydrogen-bond acceptors (Lipinski definition) is 9. The van der Waals surface area contributed by atoms with Gasteiger partial charge in [0.1, 0.15) is 5.60 Å². The molecule has 39 heavy (non-hydrogen) atoms. The lowest BCUT2D eigenvalue weighted by atomic mass is 9.75. The standard InChI is InChI=1S/C29H38N6O4/c1-28-18(12-26(36)38-28)10-20(16-33-8-4-2-6-24(28)33)30-15-21-17-35(32-31-21)22-11-19-13-27(37)39-29(19)14-23(22)34-9-5-3-7-25(29)34/h12-13,17,20,22-25,30H,2-11,14-16H2,1H3/t20?,22?,23?,24?,25?,28-,29?/m0/s1. The van der Waals surface area contributed by atoms with E-state index < -0.39 is 11.2 Å². The van der Waals surface area contributed by atoms with Crippen LogP contribution in [0.15, 0.2) is 29.5 Å². The summed E-state index contributed by atoms with van der Waals surface area (Å²) in [5, 5.41) is 12.9. The Balaban J connectivity index is 1.000. The van der Waals surface area contributed by atoms with E-state index in [0.29, 0.717) is 18.6 Å². The predicted octanol–water partition coefficient (Wildman–Crippen LogP) is 2.03. The fourth-order valence-electron chi connectivity index (χ4n) is 9.15. The van der Waals surface area contributed by atoms with Gasteiger partial charge in [-0.15, -0.1) is 5.10 Å². The van der Waals surface area contributed by atoms with Crippen LogP contribution in [0, 0.1) is 0 Å². The zero-order valence-corrected chi connectivity index (χ0v) is 22.7. The summed E-state index contributed by atoms with van der Waals surface area (Å²) in [6.45, 7) is 5.77. The van der Waals surface area contributed by atoms with Crippen molar-refractivity contribution < 1.29 is 19.1 Å². The number of esters is 2. The smallest absolute Gasteiger partial charge is 0.331 e. The SMILES string of the molecule is C[C@]12OC(=O)C=C1CC(NCc1cn(C3CC4=CC(=O)OC45CC3N3CCCCC35)nn1)CN1CCCCC12. The molecule has 10 heteroatoms. The Morgan fingerprint density at radius 2 is 1.77 bits per heavy atom. The molecule has 4 saturated heterocycles. The highest BCUT2D eigenvalue weighted by atomic mass is 16.6. The number of carbonyl (C=O) groups excluding carboxylic acids is 2. The maximum absolute atomic E-state index is 12.4. The number of piperidine rings is 2. The van der Waals surface area contributed by atoms with Crippen LogP contribution in [0.3, 0.4) is 0 Å². The number of nitrogens with one attached hydrogen (secondary N) is 1. The minimum atomic E-state index is -0.513. The first-order valence-electron chi connectivity index (χ1n) is 14.9. The first kappa shape index (κ1) is 24.3. The third-order valence-electron chi connectivity index (χ3n) is 10.9. The van der Waals surface area contributed by atoms with Crippen molar-refractivity contribution in [3.05, 3.63) is 35.2 Å². The third kappa shape index (κ3) is 3.63. The molecule has 1 spiro atoms. The van der Waals surface area contributed by atoms with Crippen LogP contribution in [0.1, 0.15) is 76.4 Å². The molecule has 6 unspecified atom stereocenters. The minimum absolute atomic E-state index is 0.155. The summed E-state index contributed by atoms with van der Waals surface area (Å²) in [7, 11) is 0. The molecule has 208 valence electrons. The molecule has 8 rings (SSSR count). The van der Waals surface area contributed by atoms with Gasteiger partial charge in [-0.2, -0.15) is 0 Å². The molecule has 5 fully saturated rings. The molecule has 1 aromatic heterocycles. The average molecular weight is 535 g/mol. The molecular formula is C29H38N6O4. The first-order chi connectivity index (χ1) is 18.9. The summed E-state index contributed by atoms with van der Waals surface area (Å²) in [6.07, 6.45) is 14.9. The lowest BCUT2D eigenvalue weighted by Crippen LogP contribution is -2.54. The van der Waals surface area contributed by atoms with Crippen molar-refractivity contribution in [3.63, 3.8) is 0 Å². The summed E-state index contributed by atoms with van der Waals surface area (Å²) in [6, 6.07) is 1.22. The number of fused-ring (bicyclic) bond motifs is 6. The summed E-state index contributed by atoms with van der Waals surface area (Å²) < 4.78 is 14.0. The van der Waals surface area contributed by atoms with Gasteiger partial charge in [0.15, 0.2) is 5.60 Å². The molecule has 1 N–H and O–H groups in total. The van der Waals surface area contributed by atoms with E-state index in [-0.39, 0.29) is 30.1 Å². The zero-order chi connectivity index (χ0) is 26.4. The maximum atomic E-state index is 12.4. The van der Waals surface area contributed by atoms with Crippen molar-refractivity contribution in [1.82, 2.24) is 30.1 Å². The van der Waals surface area contributed by atoms with Crippen LogP contribution in [0.2, 0.25) is 0 Å². The van der Waals surface area contributed by atoms with Crippen LogP contribution in [-0.4, -0.2) is 91.7 Å². The number of nitrogens with zero attached hydrogens (tertiary/aromatic N) is 5. The number of carbonyl (C=O) groups is 2. The van der Waals surface area contributed by atoms with E-state index in [1.807, 2.05) is 4.68 Å². The molecule has 6 aliphatic heterocycles. The normalized spacial score (nSPS) is 41.5. The van der Waals surface area contributed by atoms with Gasteiger partial charge >= 0.3 is 11.9 Å². The molecule has 10 nitrogen and oxygen atoms in total. The van der Waals surface area contributed by atoms with Gasteiger partial charge in [-0.25, -0.2) is 14.3 Å². The Morgan fingerprint density at radius 1 is 0.974 bits per heavy atom. The Morgan fingerprint density at radius 3 is 2.67 bits per heavy atom. The fourth-order valence-corrected chi connectivity index (χ4v) is 9.15. The molecule has 2 bridgehead atoms. The van der Waals surface area contributed by atoms with Gasteiger partial charge in [0, 0.05) is 43.7 Å². The van der Waals surface area contributed by atoms with Crippen molar-refractivity contribution in [2.45, 2.75) is 113 Å². The first-order valence-corrected chi connectivity index (χ1v) is 14.9. The molecule has 0 amide bonds. The third-order valence-corrected chi connectivity index (χ3v) is 10.9. The van der Waals surface area contributed by atoms with Crippen LogP contribution in [0.25, 0.3) is 0 Å². The van der Waals surface area contributed by atoms with Gasteiger partial charge in [-0.3, -0.25) is 9.80 Å². The molecule has 1 aliphatic carbocycles. The largest absolute Gasteiger partial charge is 0.450 e. The summed E-state index contributed by atoms with van der Waals surface area (Å²) in [4.78, 5) is 29.8. The monoisotopic (exact) mass is 534 g/mol. The Bertz CT molecular complexity index is 1270. The molecule has 7 heterocycles. The quantitative estimate of drug-likeness (QED) is 0.582. The number of ether oxygens (including phenoxy) is 2. The zero-order valence-electron chi connectivity index (χ0n) is 22.7. The van der Waals surface area contributed by atoms with Crippen LogP contribution in [0.4, 0.5) is 0 Å². The topological polar surface area (TPSA) is 102 Å². The second-order valence-corrected chi connectivity index (χ2v) is 12.9. The number of hydrogen-bond donors (Lipinski definition) is 1. The highest BCUT2D eigenvalue weighted by Crippen LogP contribution is 2.56. The molecule has 7 atom stereocenters. The predicted molar refractivity (Wildman–Crippen MR) is 140 cm³/mol. The van der Waals surface area contributed by atoms with E-state index in [4.69, 9.17) is 9.47 Å². The Labute approximate surface area is 228 Å². The molecule has 7 aliphatic rings. The lowest BCUT2D eigenvalue weighted by Gasteiger charge is -2.43. The van der Waals surface area contributed by atoms with Crippen LogP contribution >= 0.6 is 0 Å². The van der Waals surface area contributed by atoms with Crippen LogP contribution < -0.4 is 5.32 Å². The van der Waals surface area contributed by atoms with Crippen molar-refractivity contribution in [3.8, 4) is 0 Å². The van der Waals surface area contributed by atoms with Gasteiger partial charge in [0.2, 0.25) is 0 Å². The van der Waals surface area contributed by atoms with Gasteiger partial charge < -0.3 is 14.8 Å². The summed E-state index contributed by atoms with van der Waals surface area (Å²) in [5.41, 5.74) is 2.26. The van der Waals surface area contributed by atoms with E-state index in [9.17, 15) is 9.59 Å². The average Bonchev–Trinajstić information content (AvgIpc) is 3.65. The highest BCUT2D eigenvalue weighted by Gasteiger charge is 2.64. The van der Waals surface area contributed by atoms with Crippen molar-refractivity contribution >= 4 is 11.9 Å². The maximum Gasteiger partial charge on any atom is 0.331 e. The highest BCUT2D eigenvalue weighted by molar-refractivity contribution is 5.87. The molecule has 1 saturated carbocycles. The summed E-state index contributed by atoms with van der Waals surface area (Å²) >= 11 is 0. The van der Waals surface area contributed by atoms with Crippen LogP contribution in [-0.2, 0) is 25.6 Å². The van der Waals surface area contributed by atoms with Gasteiger partial charge in [0.05, 0.1) is 30.0 Å².